The Bertz CT molecular complexity index is 847. The van der Waals surface area contributed by atoms with E-state index in [1.807, 2.05) is 31.2 Å². The first-order valence-electron chi connectivity index (χ1n) is 8.19. The molecular formula is C19H20N4O3. The van der Waals surface area contributed by atoms with E-state index in [2.05, 4.69) is 15.4 Å². The highest BCUT2D eigenvalue weighted by atomic mass is 16.5. The summed E-state index contributed by atoms with van der Waals surface area (Å²) in [6.07, 6.45) is 3.04. The number of nitrogens with zero attached hydrogens (tertiary/aromatic N) is 3. The van der Waals surface area contributed by atoms with Crippen molar-refractivity contribution in [2.45, 2.75) is 13.5 Å². The average molecular weight is 352 g/mol. The van der Waals surface area contributed by atoms with Crippen LogP contribution in [0.15, 0.2) is 61.2 Å². The van der Waals surface area contributed by atoms with Gasteiger partial charge < -0.3 is 14.8 Å². The summed E-state index contributed by atoms with van der Waals surface area (Å²) in [5, 5.41) is 6.90. The van der Waals surface area contributed by atoms with Gasteiger partial charge in [-0.05, 0) is 36.4 Å². The summed E-state index contributed by atoms with van der Waals surface area (Å²) in [4.78, 5) is 16.1. The molecule has 0 bridgehead atoms. The van der Waals surface area contributed by atoms with Gasteiger partial charge in [0.05, 0.1) is 19.6 Å². The molecule has 3 aromatic rings. The number of nitrogens with one attached hydrogen (secondary N) is 1. The van der Waals surface area contributed by atoms with Crippen LogP contribution in [0.4, 0.5) is 5.69 Å². The van der Waals surface area contributed by atoms with E-state index in [1.165, 1.54) is 6.33 Å². The van der Waals surface area contributed by atoms with Crippen LogP contribution in [-0.4, -0.2) is 27.8 Å². The molecule has 2 aromatic carbocycles. The van der Waals surface area contributed by atoms with Crippen LogP contribution in [0.2, 0.25) is 0 Å². The highest BCUT2D eigenvalue weighted by Gasteiger charge is 2.14. The molecule has 134 valence electrons. The number of carbonyl (C=O) groups excluding carboxylic acids is 1. The molecule has 1 N–H and O–H groups in total. The van der Waals surface area contributed by atoms with Gasteiger partial charge in [0.2, 0.25) is 5.91 Å². The standard InChI is InChI=1S/C19H20N4O3/c1-14(11-23-13-20-12-21-23)19(24)22-15-6-8-16(9-7-15)26-18-5-3-4-17(10-18)25-2/h3-10,12-14H,11H2,1-2H3,(H,22,24). The van der Waals surface area contributed by atoms with E-state index in [9.17, 15) is 4.79 Å². The van der Waals surface area contributed by atoms with Crippen molar-refractivity contribution in [3.8, 4) is 17.2 Å². The molecule has 1 heterocycles. The van der Waals surface area contributed by atoms with Crippen LogP contribution in [0.3, 0.4) is 0 Å². The number of anilines is 1. The number of amides is 1. The summed E-state index contributed by atoms with van der Waals surface area (Å²) in [6, 6.07) is 14.6. The van der Waals surface area contributed by atoms with Crippen LogP contribution in [0, 0.1) is 5.92 Å². The van der Waals surface area contributed by atoms with Crippen LogP contribution in [0.25, 0.3) is 0 Å². The zero-order chi connectivity index (χ0) is 18.4. The van der Waals surface area contributed by atoms with Gasteiger partial charge in [-0.1, -0.05) is 13.0 Å². The first-order valence-corrected chi connectivity index (χ1v) is 8.19. The Hall–Kier alpha value is -3.35. The Morgan fingerprint density at radius 1 is 1.15 bits per heavy atom. The minimum atomic E-state index is -0.232. The van der Waals surface area contributed by atoms with Crippen LogP contribution >= 0.6 is 0 Å². The molecule has 0 aliphatic rings. The van der Waals surface area contributed by atoms with E-state index < -0.39 is 0 Å². The van der Waals surface area contributed by atoms with E-state index in [-0.39, 0.29) is 11.8 Å². The van der Waals surface area contributed by atoms with Gasteiger partial charge in [0.1, 0.15) is 29.9 Å². The molecule has 3 rings (SSSR count). The highest BCUT2D eigenvalue weighted by molar-refractivity contribution is 5.92. The van der Waals surface area contributed by atoms with Crippen molar-refractivity contribution in [1.82, 2.24) is 14.8 Å². The predicted molar refractivity (Wildman–Crippen MR) is 97.3 cm³/mol. The van der Waals surface area contributed by atoms with E-state index in [0.29, 0.717) is 23.7 Å². The fourth-order valence-corrected chi connectivity index (χ4v) is 2.36. The van der Waals surface area contributed by atoms with Crippen LogP contribution < -0.4 is 14.8 Å². The molecule has 0 aliphatic carbocycles. The maximum absolute atomic E-state index is 12.3. The van der Waals surface area contributed by atoms with E-state index >= 15 is 0 Å². The molecule has 0 saturated carbocycles. The van der Waals surface area contributed by atoms with Gasteiger partial charge in [0.15, 0.2) is 0 Å². The molecule has 1 unspecified atom stereocenters. The van der Waals surface area contributed by atoms with Gasteiger partial charge in [-0.25, -0.2) is 4.98 Å². The number of hydrogen-bond donors (Lipinski definition) is 1. The zero-order valence-electron chi connectivity index (χ0n) is 14.6. The number of rotatable bonds is 7. The third kappa shape index (κ3) is 4.60. The summed E-state index contributed by atoms with van der Waals surface area (Å²) in [6.45, 7) is 2.32. The number of hydrogen-bond acceptors (Lipinski definition) is 5. The molecule has 7 nitrogen and oxygen atoms in total. The van der Waals surface area contributed by atoms with Crippen molar-refractivity contribution in [2.75, 3.05) is 12.4 Å². The van der Waals surface area contributed by atoms with Gasteiger partial charge in [-0.15, -0.1) is 0 Å². The Morgan fingerprint density at radius 2 is 1.92 bits per heavy atom. The lowest BCUT2D eigenvalue weighted by molar-refractivity contribution is -0.119. The topological polar surface area (TPSA) is 78.3 Å². The maximum atomic E-state index is 12.3. The zero-order valence-corrected chi connectivity index (χ0v) is 14.6. The number of ether oxygens (including phenoxy) is 2. The van der Waals surface area contributed by atoms with Crippen LogP contribution in [0.5, 0.6) is 17.2 Å². The molecule has 0 radical (unpaired) electrons. The Labute approximate surface area is 151 Å². The smallest absolute Gasteiger partial charge is 0.229 e. The molecule has 1 aromatic heterocycles. The number of methoxy groups -OCH3 is 1. The lowest BCUT2D eigenvalue weighted by Crippen LogP contribution is -2.24. The average Bonchev–Trinajstić information content (AvgIpc) is 3.16. The van der Waals surface area contributed by atoms with Crippen LogP contribution in [-0.2, 0) is 11.3 Å². The summed E-state index contributed by atoms with van der Waals surface area (Å²) < 4.78 is 12.6. The molecule has 1 atom stereocenters. The fraction of sp³-hybridized carbons (Fsp3) is 0.211. The van der Waals surface area contributed by atoms with Gasteiger partial charge in [0.25, 0.3) is 0 Å². The van der Waals surface area contributed by atoms with Crippen molar-refractivity contribution in [3.05, 3.63) is 61.2 Å². The summed E-state index contributed by atoms with van der Waals surface area (Å²) in [5.74, 6) is 1.77. The quantitative estimate of drug-likeness (QED) is 0.705. The summed E-state index contributed by atoms with van der Waals surface area (Å²) in [7, 11) is 1.61. The van der Waals surface area contributed by atoms with Gasteiger partial charge >= 0.3 is 0 Å². The van der Waals surface area contributed by atoms with Crippen molar-refractivity contribution in [3.63, 3.8) is 0 Å². The monoisotopic (exact) mass is 352 g/mol. The minimum Gasteiger partial charge on any atom is -0.497 e. The summed E-state index contributed by atoms with van der Waals surface area (Å²) in [5.41, 5.74) is 0.707. The lowest BCUT2D eigenvalue weighted by atomic mass is 10.1. The van der Waals surface area contributed by atoms with Crippen molar-refractivity contribution >= 4 is 11.6 Å². The Kier molecular flexibility index (Phi) is 5.48. The Balaban J connectivity index is 1.57. The first-order chi connectivity index (χ1) is 12.6. The largest absolute Gasteiger partial charge is 0.497 e. The molecular weight excluding hydrogens is 332 g/mol. The van der Waals surface area contributed by atoms with E-state index in [0.717, 1.165) is 5.75 Å². The van der Waals surface area contributed by atoms with Crippen molar-refractivity contribution in [2.24, 2.45) is 5.92 Å². The second-order valence-corrected chi connectivity index (χ2v) is 5.81. The molecule has 0 saturated heterocycles. The molecule has 0 fully saturated rings. The molecule has 1 amide bonds. The van der Waals surface area contributed by atoms with Crippen molar-refractivity contribution in [1.29, 1.82) is 0 Å². The SMILES string of the molecule is COc1cccc(Oc2ccc(NC(=O)C(C)Cn3cncn3)cc2)c1. The Morgan fingerprint density at radius 3 is 2.62 bits per heavy atom. The summed E-state index contributed by atoms with van der Waals surface area (Å²) >= 11 is 0. The predicted octanol–water partition coefficient (Wildman–Crippen LogP) is 3.35. The minimum absolute atomic E-state index is 0.0815. The lowest BCUT2D eigenvalue weighted by Gasteiger charge is -2.12. The van der Waals surface area contributed by atoms with E-state index in [1.54, 1.807) is 42.4 Å². The third-order valence-corrected chi connectivity index (χ3v) is 3.77. The van der Waals surface area contributed by atoms with Gasteiger partial charge in [-0.3, -0.25) is 9.48 Å². The molecule has 0 aliphatic heterocycles. The van der Waals surface area contributed by atoms with Crippen molar-refractivity contribution < 1.29 is 14.3 Å². The number of carbonyl (C=O) groups is 1. The van der Waals surface area contributed by atoms with Gasteiger partial charge in [0, 0.05) is 11.8 Å². The third-order valence-electron chi connectivity index (χ3n) is 3.77. The number of benzene rings is 2. The normalized spacial score (nSPS) is 11.6. The molecule has 0 spiro atoms. The second-order valence-electron chi connectivity index (χ2n) is 5.81. The molecule has 26 heavy (non-hydrogen) atoms. The van der Waals surface area contributed by atoms with E-state index in [4.69, 9.17) is 9.47 Å². The second kappa shape index (κ2) is 8.15. The van der Waals surface area contributed by atoms with Gasteiger partial charge in [-0.2, -0.15) is 5.10 Å². The molecule has 7 heteroatoms. The fourth-order valence-electron chi connectivity index (χ4n) is 2.36. The maximum Gasteiger partial charge on any atom is 0.229 e. The first kappa shape index (κ1) is 17.5. The number of aromatic nitrogens is 3. The highest BCUT2D eigenvalue weighted by Crippen LogP contribution is 2.26. The van der Waals surface area contributed by atoms with Crippen LogP contribution in [0.1, 0.15) is 6.92 Å².